The molecule has 0 saturated heterocycles. The molecule has 1 unspecified atom stereocenters. The third kappa shape index (κ3) is 3.49. The van der Waals surface area contributed by atoms with Gasteiger partial charge < -0.3 is 10.6 Å². The number of hydrogen-bond acceptors (Lipinski definition) is 2. The van der Waals surface area contributed by atoms with Crippen LogP contribution in [0.15, 0.2) is 0 Å². The van der Waals surface area contributed by atoms with Crippen LogP contribution in [0.3, 0.4) is 0 Å². The summed E-state index contributed by atoms with van der Waals surface area (Å²) in [6.45, 7) is 5.98. The highest BCUT2D eigenvalue weighted by Crippen LogP contribution is 2.37. The first kappa shape index (κ1) is 12.5. The van der Waals surface area contributed by atoms with Crippen molar-refractivity contribution in [3.8, 4) is 0 Å². The average molecular weight is 212 g/mol. The minimum Gasteiger partial charge on any atom is -0.355 e. The molecule has 3 nitrogen and oxygen atoms in total. The van der Waals surface area contributed by atoms with Crippen molar-refractivity contribution in [1.29, 1.82) is 0 Å². The highest BCUT2D eigenvalue weighted by Gasteiger charge is 2.35. The molecule has 1 aliphatic carbocycles. The highest BCUT2D eigenvalue weighted by molar-refractivity contribution is 5.82. The van der Waals surface area contributed by atoms with Gasteiger partial charge in [0.05, 0.1) is 0 Å². The van der Waals surface area contributed by atoms with Crippen molar-refractivity contribution in [2.75, 3.05) is 20.1 Å². The molecule has 1 fully saturated rings. The van der Waals surface area contributed by atoms with E-state index >= 15 is 0 Å². The molecule has 0 bridgehead atoms. The summed E-state index contributed by atoms with van der Waals surface area (Å²) in [6, 6.07) is 0. The molecule has 3 heteroatoms. The summed E-state index contributed by atoms with van der Waals surface area (Å²) >= 11 is 0. The second-order valence-corrected chi connectivity index (χ2v) is 5.14. The van der Waals surface area contributed by atoms with Gasteiger partial charge in [-0.15, -0.1) is 0 Å². The van der Waals surface area contributed by atoms with Gasteiger partial charge in [-0.25, -0.2) is 0 Å². The molecule has 1 amide bonds. The summed E-state index contributed by atoms with van der Waals surface area (Å²) in [5, 5.41) is 6.19. The predicted molar refractivity (Wildman–Crippen MR) is 62.7 cm³/mol. The molecular weight excluding hydrogens is 188 g/mol. The van der Waals surface area contributed by atoms with Crippen LogP contribution in [0.25, 0.3) is 0 Å². The topological polar surface area (TPSA) is 41.1 Å². The summed E-state index contributed by atoms with van der Waals surface area (Å²) in [7, 11) is 1.94. The van der Waals surface area contributed by atoms with Gasteiger partial charge in [-0.2, -0.15) is 0 Å². The maximum absolute atomic E-state index is 11.9. The van der Waals surface area contributed by atoms with Gasteiger partial charge >= 0.3 is 0 Å². The lowest BCUT2D eigenvalue weighted by atomic mass is 9.88. The van der Waals surface area contributed by atoms with Gasteiger partial charge in [0.1, 0.15) is 0 Å². The lowest BCUT2D eigenvalue weighted by Gasteiger charge is -2.23. The van der Waals surface area contributed by atoms with Crippen molar-refractivity contribution >= 4 is 5.91 Å². The van der Waals surface area contributed by atoms with Gasteiger partial charge in [0.2, 0.25) is 5.91 Å². The Kier molecular flexibility index (Phi) is 4.58. The second kappa shape index (κ2) is 5.50. The van der Waals surface area contributed by atoms with Crippen LogP contribution in [0.2, 0.25) is 0 Å². The van der Waals surface area contributed by atoms with E-state index in [1.807, 2.05) is 7.05 Å². The first-order chi connectivity index (χ1) is 7.08. The molecule has 0 aromatic carbocycles. The fourth-order valence-electron chi connectivity index (χ4n) is 2.28. The number of carbonyl (C=O) groups excluding carboxylic acids is 1. The molecule has 88 valence electrons. The molecule has 1 atom stereocenters. The van der Waals surface area contributed by atoms with Crippen molar-refractivity contribution in [3.05, 3.63) is 0 Å². The Morgan fingerprint density at radius 3 is 2.47 bits per heavy atom. The smallest absolute Gasteiger partial charge is 0.225 e. The molecule has 1 aliphatic rings. The van der Waals surface area contributed by atoms with Crippen LogP contribution in [-0.2, 0) is 4.79 Å². The van der Waals surface area contributed by atoms with Gasteiger partial charge in [0, 0.05) is 12.0 Å². The maximum atomic E-state index is 11.9. The largest absolute Gasteiger partial charge is 0.355 e. The highest BCUT2D eigenvalue weighted by atomic mass is 16.2. The summed E-state index contributed by atoms with van der Waals surface area (Å²) in [5.74, 6) is 0.756. The van der Waals surface area contributed by atoms with Crippen LogP contribution in [-0.4, -0.2) is 26.0 Å². The molecule has 0 spiro atoms. The van der Waals surface area contributed by atoms with E-state index in [1.165, 1.54) is 12.8 Å². The molecule has 0 aliphatic heterocycles. The molecule has 1 saturated carbocycles. The zero-order valence-electron chi connectivity index (χ0n) is 10.2. The third-order valence-corrected chi connectivity index (χ3v) is 3.42. The van der Waals surface area contributed by atoms with Crippen molar-refractivity contribution in [2.45, 2.75) is 39.5 Å². The Labute approximate surface area is 93.0 Å². The normalized spacial score (nSPS) is 21.3. The Hall–Kier alpha value is -0.570. The van der Waals surface area contributed by atoms with E-state index in [2.05, 4.69) is 24.5 Å². The monoisotopic (exact) mass is 212 g/mol. The summed E-state index contributed by atoms with van der Waals surface area (Å²) in [4.78, 5) is 11.9. The maximum Gasteiger partial charge on any atom is 0.225 e. The van der Waals surface area contributed by atoms with Crippen LogP contribution in [0, 0.1) is 11.3 Å². The van der Waals surface area contributed by atoms with E-state index in [-0.39, 0.29) is 11.3 Å². The van der Waals surface area contributed by atoms with Crippen LogP contribution in [0.5, 0.6) is 0 Å². The summed E-state index contributed by atoms with van der Waals surface area (Å²) in [5.41, 5.74) is -0.0840. The fourth-order valence-corrected chi connectivity index (χ4v) is 2.28. The summed E-state index contributed by atoms with van der Waals surface area (Å²) < 4.78 is 0. The van der Waals surface area contributed by atoms with Crippen molar-refractivity contribution < 1.29 is 4.79 Å². The van der Waals surface area contributed by atoms with E-state index < -0.39 is 0 Å². The molecule has 0 radical (unpaired) electrons. The fraction of sp³-hybridized carbons (Fsp3) is 0.917. The minimum absolute atomic E-state index is 0.0840. The van der Waals surface area contributed by atoms with Gasteiger partial charge in [0.15, 0.2) is 0 Å². The number of nitrogens with one attached hydrogen (secondary N) is 2. The molecular formula is C12H24N2O. The van der Waals surface area contributed by atoms with E-state index in [4.69, 9.17) is 0 Å². The van der Waals surface area contributed by atoms with Gasteiger partial charge in [0.25, 0.3) is 0 Å². The summed E-state index contributed by atoms with van der Waals surface area (Å²) in [6.07, 6.45) is 4.52. The van der Waals surface area contributed by atoms with E-state index in [0.29, 0.717) is 5.92 Å². The third-order valence-electron chi connectivity index (χ3n) is 3.42. The lowest BCUT2D eigenvalue weighted by molar-refractivity contribution is -0.130. The number of carbonyl (C=O) groups is 1. The first-order valence-corrected chi connectivity index (χ1v) is 6.01. The van der Waals surface area contributed by atoms with Crippen molar-refractivity contribution in [3.63, 3.8) is 0 Å². The second-order valence-electron chi connectivity index (χ2n) is 5.14. The van der Waals surface area contributed by atoms with E-state index in [1.54, 1.807) is 0 Å². The average Bonchev–Trinajstić information content (AvgIpc) is 2.63. The number of hydrogen-bond donors (Lipinski definition) is 2. The Morgan fingerprint density at radius 2 is 1.93 bits per heavy atom. The van der Waals surface area contributed by atoms with E-state index in [9.17, 15) is 4.79 Å². The minimum atomic E-state index is -0.0840. The predicted octanol–water partition coefficient (Wildman–Crippen LogP) is 1.54. The Bertz CT molecular complexity index is 210. The Morgan fingerprint density at radius 1 is 1.33 bits per heavy atom. The van der Waals surface area contributed by atoms with Crippen LogP contribution in [0.4, 0.5) is 0 Å². The van der Waals surface area contributed by atoms with Gasteiger partial charge in [-0.05, 0) is 32.4 Å². The van der Waals surface area contributed by atoms with Gasteiger partial charge in [-0.3, -0.25) is 4.79 Å². The molecule has 2 N–H and O–H groups in total. The van der Waals surface area contributed by atoms with E-state index in [0.717, 1.165) is 25.9 Å². The molecule has 0 heterocycles. The van der Waals surface area contributed by atoms with Crippen LogP contribution < -0.4 is 10.6 Å². The van der Waals surface area contributed by atoms with Gasteiger partial charge in [-0.1, -0.05) is 26.7 Å². The molecule has 15 heavy (non-hydrogen) atoms. The Balaban J connectivity index is 2.29. The molecule has 1 rings (SSSR count). The molecule has 0 aromatic rings. The van der Waals surface area contributed by atoms with Crippen LogP contribution >= 0.6 is 0 Å². The SMILES string of the molecule is CNCC(C)CNC(=O)C1(C)CCCC1. The zero-order valence-corrected chi connectivity index (χ0v) is 10.2. The lowest BCUT2D eigenvalue weighted by Crippen LogP contribution is -2.40. The molecule has 0 aromatic heterocycles. The number of amides is 1. The van der Waals surface area contributed by atoms with Crippen molar-refractivity contribution in [1.82, 2.24) is 10.6 Å². The van der Waals surface area contributed by atoms with Crippen LogP contribution in [0.1, 0.15) is 39.5 Å². The number of rotatable bonds is 5. The van der Waals surface area contributed by atoms with Crippen molar-refractivity contribution in [2.24, 2.45) is 11.3 Å². The quantitative estimate of drug-likeness (QED) is 0.726. The standard InChI is InChI=1S/C12H24N2O/c1-10(8-13-3)9-14-11(15)12(2)6-4-5-7-12/h10,13H,4-9H2,1-3H3,(H,14,15). The first-order valence-electron chi connectivity index (χ1n) is 6.01. The zero-order chi connectivity index (χ0) is 11.3.